The molecule has 4 aromatic carbocycles. The predicted octanol–water partition coefficient (Wildman–Crippen LogP) is 3.23. The Bertz CT molecular complexity index is 3650. The van der Waals surface area contributed by atoms with Crippen molar-refractivity contribution in [3.63, 3.8) is 0 Å². The van der Waals surface area contributed by atoms with Crippen LogP contribution in [0.2, 0.25) is 10.6 Å². The molecule has 10 N–H and O–H groups in total. The number of nitrogens with zero attached hydrogens (tertiary/aromatic N) is 10. The van der Waals surface area contributed by atoms with Gasteiger partial charge in [0, 0.05) is 47.6 Å². The molecular weight excluding hydrogens is 1230 g/mol. The number of hydrogen-bond acceptors (Lipinski definition) is 22. The fraction of sp³-hybridized carbons (Fsp3) is 0.0204. The molecule has 9 rings (SSSR count). The van der Waals surface area contributed by atoms with E-state index in [-0.39, 0.29) is 68.2 Å². The van der Waals surface area contributed by atoms with Gasteiger partial charge >= 0.3 is 53.3 Å². The molecule has 0 spiro atoms. The van der Waals surface area contributed by atoms with E-state index in [9.17, 15) is 23.7 Å². The van der Waals surface area contributed by atoms with E-state index in [0.29, 0.717) is 28.5 Å². The molecule has 2 amide bonds. The summed E-state index contributed by atoms with van der Waals surface area (Å²) in [5, 5.41) is 42.1. The number of ether oxygens (including phenoxy) is 2. The van der Waals surface area contributed by atoms with Gasteiger partial charge in [-0.15, -0.1) is 0 Å². The topological polar surface area (TPSA) is 441 Å². The van der Waals surface area contributed by atoms with E-state index < -0.39 is 29.8 Å². The van der Waals surface area contributed by atoms with E-state index in [4.69, 9.17) is 74.8 Å². The molecule has 0 aliphatic carbocycles. The average Bonchev–Trinajstić information content (AvgIpc) is 3.66. The zero-order valence-corrected chi connectivity index (χ0v) is 50.0. The summed E-state index contributed by atoms with van der Waals surface area (Å²) in [6, 6.07) is 42.3. The normalized spacial score (nSPS) is 9.51. The first kappa shape index (κ1) is 73.5. The number of H-pyrrole nitrogens is 2. The quantitative estimate of drug-likeness (QED) is 0.0196. The first-order valence-corrected chi connectivity index (χ1v) is 27.5. The summed E-state index contributed by atoms with van der Waals surface area (Å²) >= 11 is 24.6. The maximum absolute atomic E-state index is 11.2. The van der Waals surface area contributed by atoms with Crippen molar-refractivity contribution in [1.29, 1.82) is 5.26 Å². The fourth-order valence-corrected chi connectivity index (χ4v) is 5.41. The van der Waals surface area contributed by atoms with Gasteiger partial charge in [-0.05, 0) is 160 Å². The molecule has 0 atom stereocenters. The second-order valence-corrected chi connectivity index (χ2v) is 21.8. The van der Waals surface area contributed by atoms with Gasteiger partial charge in [-0.25, -0.2) is 49.5 Å². The number of aryl methyl sites for hydroxylation is 1. The van der Waals surface area contributed by atoms with Gasteiger partial charge in [0.1, 0.15) is 46.1 Å². The summed E-state index contributed by atoms with van der Waals surface area (Å²) in [6.07, 6.45) is 8.24. The minimum absolute atomic E-state index is 0. The predicted molar refractivity (Wildman–Crippen MR) is 309 cm³/mol. The number of hydrogen-bond donors (Lipinski definition) is 8. The van der Waals surface area contributed by atoms with Gasteiger partial charge in [0.2, 0.25) is 10.6 Å². The van der Waals surface area contributed by atoms with Crippen LogP contribution in [0.15, 0.2) is 185 Å². The van der Waals surface area contributed by atoms with Crippen LogP contribution < -0.4 is 72.7 Å². The van der Waals surface area contributed by atoms with Crippen LogP contribution >= 0.6 is 62.1 Å². The van der Waals surface area contributed by atoms with E-state index in [0.717, 1.165) is 29.0 Å². The fourth-order valence-electron chi connectivity index (χ4n) is 5.11. The summed E-state index contributed by atoms with van der Waals surface area (Å²) in [4.78, 5) is 84.7. The molecule has 0 unspecified atom stereocenters. The van der Waals surface area contributed by atoms with Crippen molar-refractivity contribution >= 4 is 92.7 Å². The summed E-state index contributed by atoms with van der Waals surface area (Å²) in [5.74, 6) is 2.15. The maximum Gasteiger partial charge on any atom is 1.00 e. The van der Waals surface area contributed by atoms with Crippen molar-refractivity contribution in [3.8, 4) is 40.5 Å². The van der Waals surface area contributed by atoms with E-state index in [2.05, 4.69) is 88.7 Å². The number of oxime groups is 1. The molecule has 0 saturated carbocycles. The molecule has 27 nitrogen and oxygen atoms in total. The third kappa shape index (κ3) is 34.0. The Kier molecular flexibility index (Phi) is 36.2. The minimum Gasteiger partial charge on any atom is -0.457 e. The molecule has 84 heavy (non-hydrogen) atoms. The number of benzene rings is 4. The van der Waals surface area contributed by atoms with E-state index in [1.165, 1.54) is 55.2 Å². The summed E-state index contributed by atoms with van der Waals surface area (Å²) in [7, 11) is -1.44. The Labute approximate surface area is 522 Å². The van der Waals surface area contributed by atoms with Crippen LogP contribution in [0.25, 0.3) is 11.4 Å². The van der Waals surface area contributed by atoms with Crippen molar-refractivity contribution in [3.05, 3.63) is 241 Å². The van der Waals surface area contributed by atoms with E-state index in [1.807, 2.05) is 97.9 Å². The third-order valence-corrected chi connectivity index (χ3v) is 8.85. The molecule has 35 heteroatoms. The number of carbonyl (C=O) groups is 2. The Morgan fingerprint density at radius 1 is 0.667 bits per heavy atom. The second kappa shape index (κ2) is 41.4. The minimum atomic E-state index is -3.22. The number of amides is 2. The Hall–Kier alpha value is -8.56. The number of carbonyl (C=O) groups excluding carboxylic acids is 2. The van der Waals surface area contributed by atoms with Crippen LogP contribution in [0.4, 0.5) is 0 Å². The molecule has 0 radical (unpaired) electrons. The van der Waals surface area contributed by atoms with Crippen molar-refractivity contribution < 1.29 is 73.8 Å². The van der Waals surface area contributed by atoms with Crippen molar-refractivity contribution in [2.45, 2.75) is 6.92 Å². The van der Waals surface area contributed by atoms with Crippen molar-refractivity contribution in [1.82, 2.24) is 49.8 Å². The van der Waals surface area contributed by atoms with Crippen LogP contribution in [-0.2, 0) is 4.57 Å². The zero-order chi connectivity index (χ0) is 61.6. The molecule has 0 fully saturated rings. The van der Waals surface area contributed by atoms with Crippen LogP contribution in [-0.4, -0.2) is 90.2 Å². The Morgan fingerprint density at radius 2 is 1.08 bits per heavy atom. The number of aromatic amines is 2. The van der Waals surface area contributed by atoms with Gasteiger partial charge in [-0.3, -0.25) is 24.3 Å². The van der Waals surface area contributed by atoms with E-state index in [1.54, 1.807) is 30.3 Å². The number of halogens is 5. The smallest absolute Gasteiger partial charge is 0.457 e. The number of nitriles is 1. The van der Waals surface area contributed by atoms with Crippen LogP contribution in [0.5, 0.6) is 23.0 Å². The number of aromatic nitrogens is 10. The van der Waals surface area contributed by atoms with E-state index >= 15 is 0 Å². The molecule has 0 saturated heterocycles. The molecule has 0 aliphatic rings. The number of nitrogens with two attached hydrogens (primary N) is 2. The third-order valence-electron chi connectivity index (χ3n) is 8.49. The average molecular weight is 1280 g/mol. The standard InChI is InChI=1S/C17H13N3O2.C12H11BO3.C5H4ClN3O.C5H2ClN3.C5H5N3O2.C5H6N2O.Cl3OP.HNO2.Na/c18-16(21)15-10-11-19-17(20-15)12-6-8-14(9-7-12)22-13-4-2-1-3-5-13;14-13(15)10-6-8-12(9-7-10)16-11-4-2-1-3-5-11;6-5-8-2-1-3(9-5)4(7)10;6-5-8-2-1-4(3-7)9-5;9-5-6-2-1-4(8-5)3-7-10;1-4-2-3-6-5(8)7-4;1-5(2,3)4;2-1-3;/h1-11H,(H2,18,21);1-9,14-15H;1-2H,(H2,7,10);1-2H;1-3,10H,(H,6,8,9);2-3H,1H3,(H,6,7,8);;1H;/q;;;;;;;;+1/b;;;;7-3+;;;;. The number of para-hydroxylation sites is 2. The maximum atomic E-state index is 11.2. The Balaban J connectivity index is 0.000000507. The van der Waals surface area contributed by atoms with Gasteiger partial charge in [0.15, 0.2) is 5.82 Å². The molecule has 5 heterocycles. The number of rotatable bonds is 9. The summed E-state index contributed by atoms with van der Waals surface area (Å²) < 4.78 is 20.8. The SMILES string of the molecule is Cc1ccnc(=O)[nH]1.N#Cc1ccnc(Cl)n1.NC(=O)c1ccnc(-c2ccc(Oc3ccccc3)cc2)n1.NC(=O)c1ccnc(Cl)n1.O=P(Cl)(Cl)Cl.O=[NH+][O-].O=c1nccc(/C=N/O)[nH]1.OB(O)c1ccc(Oc2ccccc2)cc1.[Na+]. The molecule has 428 valence electrons. The molecule has 0 bridgehead atoms. The largest absolute Gasteiger partial charge is 1.00 e. The second-order valence-electron chi connectivity index (χ2n) is 14.4. The van der Waals surface area contributed by atoms with Gasteiger partial charge in [0.05, 0.1) is 11.9 Å². The van der Waals surface area contributed by atoms with Crippen LogP contribution in [0, 0.1) is 28.4 Å². The number of primary amides is 2. The monoisotopic (exact) mass is 1270 g/mol. The van der Waals surface area contributed by atoms with Gasteiger partial charge in [-0.2, -0.15) is 5.26 Å². The van der Waals surface area contributed by atoms with Crippen molar-refractivity contribution in [2.24, 2.45) is 16.6 Å². The van der Waals surface area contributed by atoms with Crippen molar-refractivity contribution in [2.75, 3.05) is 0 Å². The molecular formula is C49H42BCl5N15NaO12P+. The molecule has 0 aliphatic heterocycles. The van der Waals surface area contributed by atoms with Gasteiger partial charge in [0.25, 0.3) is 11.8 Å². The van der Waals surface area contributed by atoms with Gasteiger partial charge < -0.3 is 46.2 Å². The summed E-state index contributed by atoms with van der Waals surface area (Å²) in [5.41, 5.74) is 12.5. The van der Waals surface area contributed by atoms with Gasteiger partial charge in [-0.1, -0.05) is 53.7 Å². The number of nitrogens with one attached hydrogen (secondary N) is 3. The first-order chi connectivity index (χ1) is 39.5. The first-order valence-electron chi connectivity index (χ1n) is 22.3. The summed E-state index contributed by atoms with van der Waals surface area (Å²) in [6.45, 7) is 1.81. The van der Waals surface area contributed by atoms with Crippen LogP contribution in [0.1, 0.15) is 38.1 Å². The Morgan fingerprint density at radius 3 is 1.46 bits per heavy atom. The molecule has 9 aromatic rings. The van der Waals surface area contributed by atoms with Crippen LogP contribution in [0.3, 0.4) is 0 Å². The zero-order valence-electron chi connectivity index (χ0n) is 43.3. The molecule has 5 aromatic heterocycles.